The third-order valence-electron chi connectivity index (χ3n) is 1.00. The molecule has 1 aromatic rings. The molecule has 1 heterocycles. The van der Waals surface area contributed by atoms with E-state index in [1.807, 2.05) is 0 Å². The van der Waals surface area contributed by atoms with Gasteiger partial charge in [-0.3, -0.25) is 0 Å². The second-order valence-electron chi connectivity index (χ2n) is 1.99. The summed E-state index contributed by atoms with van der Waals surface area (Å²) in [4.78, 5) is 3.28. The average molecular weight is 260 g/mol. The summed E-state index contributed by atoms with van der Waals surface area (Å²) in [5.74, 6) is -1.60. The fourth-order valence-electron chi connectivity index (χ4n) is 0.593. The van der Waals surface area contributed by atoms with Crippen LogP contribution in [-0.2, 0) is 0 Å². The molecule has 0 aliphatic carbocycles. The molecule has 0 N–H and O–H groups in total. The second-order valence-corrected chi connectivity index (χ2v) is 2.74. The quantitative estimate of drug-likeness (QED) is 0.572. The van der Waals surface area contributed by atoms with Crippen LogP contribution in [-0.4, -0.2) is 11.3 Å². The zero-order valence-electron chi connectivity index (χ0n) is 5.90. The van der Waals surface area contributed by atoms with Gasteiger partial charge in [0.25, 0.3) is 0 Å². The zero-order valence-corrected chi connectivity index (χ0v) is 7.49. The summed E-state index contributed by atoms with van der Waals surface area (Å²) in [7, 11) is 0. The molecule has 0 aliphatic heterocycles. The third-order valence-corrected chi connectivity index (χ3v) is 1.59. The summed E-state index contributed by atoms with van der Waals surface area (Å²) in [6, 6.07) is 0.588. The highest BCUT2D eigenvalue weighted by molar-refractivity contribution is 9.10. The number of nitrogens with zero attached hydrogens (tertiary/aromatic N) is 1. The second kappa shape index (κ2) is 3.49. The summed E-state index contributed by atoms with van der Waals surface area (Å²) in [5.41, 5.74) is 0. The topological polar surface area (TPSA) is 22.1 Å². The fraction of sp³-hybridized carbons (Fsp3) is 0.167. The highest BCUT2D eigenvalue weighted by Crippen LogP contribution is 2.24. The van der Waals surface area contributed by atoms with E-state index in [4.69, 9.17) is 0 Å². The van der Waals surface area contributed by atoms with Crippen LogP contribution >= 0.6 is 15.9 Å². The van der Waals surface area contributed by atoms with E-state index in [1.54, 1.807) is 0 Å². The molecule has 7 heteroatoms. The molecular formula is C6H2BrF4NO. The molecule has 0 aromatic carbocycles. The molecule has 0 fully saturated rings. The van der Waals surface area contributed by atoms with E-state index < -0.39 is 17.9 Å². The lowest BCUT2D eigenvalue weighted by Gasteiger charge is -2.07. The van der Waals surface area contributed by atoms with E-state index in [9.17, 15) is 17.6 Å². The normalized spacial score (nSPS) is 11.5. The molecule has 0 spiro atoms. The first-order chi connectivity index (χ1) is 5.88. The minimum atomic E-state index is -4.83. The first-order valence-corrected chi connectivity index (χ1v) is 3.74. The smallest absolute Gasteiger partial charge is 0.404 e. The minimum absolute atomic E-state index is 0.165. The van der Waals surface area contributed by atoms with E-state index >= 15 is 0 Å². The number of rotatable bonds is 1. The Hall–Kier alpha value is -0.850. The summed E-state index contributed by atoms with van der Waals surface area (Å²) in [6.07, 6.45) is -4.07. The molecule has 1 aromatic heterocycles. The van der Waals surface area contributed by atoms with Gasteiger partial charge in [-0.25, -0.2) is 9.37 Å². The Morgan fingerprint density at radius 1 is 1.38 bits per heavy atom. The van der Waals surface area contributed by atoms with Crippen molar-refractivity contribution in [2.45, 2.75) is 6.36 Å². The van der Waals surface area contributed by atoms with Gasteiger partial charge in [0.15, 0.2) is 11.6 Å². The van der Waals surface area contributed by atoms with Crippen molar-refractivity contribution in [2.75, 3.05) is 0 Å². The molecule has 0 atom stereocenters. The van der Waals surface area contributed by atoms with E-state index in [1.165, 1.54) is 0 Å². The van der Waals surface area contributed by atoms with Crippen molar-refractivity contribution in [3.63, 3.8) is 0 Å². The highest BCUT2D eigenvalue weighted by atomic mass is 79.9. The molecule has 1 rings (SSSR count). The average Bonchev–Trinajstić information content (AvgIpc) is 1.94. The van der Waals surface area contributed by atoms with Gasteiger partial charge in [0.1, 0.15) is 4.60 Å². The van der Waals surface area contributed by atoms with Gasteiger partial charge in [0.05, 0.1) is 6.20 Å². The van der Waals surface area contributed by atoms with Crippen LogP contribution in [0, 0.1) is 5.82 Å². The van der Waals surface area contributed by atoms with Gasteiger partial charge >= 0.3 is 6.36 Å². The first kappa shape index (κ1) is 10.2. The number of pyridine rings is 1. The summed E-state index contributed by atoms with van der Waals surface area (Å²) >= 11 is 2.69. The predicted octanol–water partition coefficient (Wildman–Crippen LogP) is 2.88. The van der Waals surface area contributed by atoms with Crippen LogP contribution in [0.2, 0.25) is 0 Å². The predicted molar refractivity (Wildman–Crippen MR) is 38.6 cm³/mol. The van der Waals surface area contributed by atoms with E-state index in [-0.39, 0.29) is 4.60 Å². The minimum Gasteiger partial charge on any atom is -0.404 e. The van der Waals surface area contributed by atoms with Crippen molar-refractivity contribution in [3.05, 3.63) is 22.7 Å². The van der Waals surface area contributed by atoms with E-state index in [2.05, 4.69) is 25.7 Å². The van der Waals surface area contributed by atoms with Crippen molar-refractivity contribution in [2.24, 2.45) is 0 Å². The van der Waals surface area contributed by atoms with Crippen molar-refractivity contribution in [1.29, 1.82) is 0 Å². The maximum absolute atomic E-state index is 12.6. The molecular weight excluding hydrogens is 258 g/mol. The Bertz CT molecular complexity index is 314. The first-order valence-electron chi connectivity index (χ1n) is 2.95. The van der Waals surface area contributed by atoms with Gasteiger partial charge in [-0.05, 0) is 15.9 Å². The molecule has 0 saturated carbocycles. The molecule has 0 radical (unpaired) electrons. The lowest BCUT2D eigenvalue weighted by atomic mass is 10.4. The number of aromatic nitrogens is 1. The highest BCUT2D eigenvalue weighted by Gasteiger charge is 2.31. The van der Waals surface area contributed by atoms with Gasteiger partial charge in [-0.15, -0.1) is 13.2 Å². The van der Waals surface area contributed by atoms with Gasteiger partial charge in [-0.1, -0.05) is 0 Å². The Balaban J connectivity index is 2.86. The van der Waals surface area contributed by atoms with Crippen LogP contribution in [0.25, 0.3) is 0 Å². The van der Waals surface area contributed by atoms with Crippen LogP contribution in [0.5, 0.6) is 5.75 Å². The zero-order chi connectivity index (χ0) is 10.1. The molecule has 0 aliphatic rings. The van der Waals surface area contributed by atoms with Crippen molar-refractivity contribution < 1.29 is 22.3 Å². The Kier molecular flexibility index (Phi) is 2.74. The summed E-state index contributed by atoms with van der Waals surface area (Å²) < 4.78 is 50.6. The summed E-state index contributed by atoms with van der Waals surface area (Å²) in [6.45, 7) is 0. The number of alkyl halides is 3. The van der Waals surface area contributed by atoms with Gasteiger partial charge in [0.2, 0.25) is 0 Å². The SMILES string of the molecule is Fc1cc(OC(F)(F)F)cnc1Br. The fourth-order valence-corrected chi connectivity index (χ4v) is 0.810. The molecule has 13 heavy (non-hydrogen) atoms. The lowest BCUT2D eigenvalue weighted by molar-refractivity contribution is -0.274. The molecule has 0 unspecified atom stereocenters. The number of ether oxygens (including phenoxy) is 1. The molecule has 0 bridgehead atoms. The largest absolute Gasteiger partial charge is 0.573 e. The number of hydrogen-bond acceptors (Lipinski definition) is 2. The Morgan fingerprint density at radius 2 is 2.00 bits per heavy atom. The standard InChI is InChI=1S/C6H2BrF4NO/c7-5-4(8)1-3(2-12-5)13-6(9,10)11/h1-2H. The maximum atomic E-state index is 12.6. The van der Waals surface area contributed by atoms with E-state index in [0.29, 0.717) is 6.07 Å². The summed E-state index contributed by atoms with van der Waals surface area (Å²) in [5, 5.41) is 0. The van der Waals surface area contributed by atoms with Crippen LogP contribution < -0.4 is 4.74 Å². The van der Waals surface area contributed by atoms with Gasteiger partial charge < -0.3 is 4.74 Å². The van der Waals surface area contributed by atoms with Crippen LogP contribution in [0.4, 0.5) is 17.6 Å². The Labute approximate surface area is 78.7 Å². The number of hydrogen-bond donors (Lipinski definition) is 0. The van der Waals surface area contributed by atoms with Crippen molar-refractivity contribution in [3.8, 4) is 5.75 Å². The Morgan fingerprint density at radius 3 is 2.46 bits per heavy atom. The molecule has 0 amide bonds. The maximum Gasteiger partial charge on any atom is 0.573 e. The van der Waals surface area contributed by atoms with Gasteiger partial charge in [-0.2, -0.15) is 0 Å². The number of halogens is 5. The van der Waals surface area contributed by atoms with Crippen LogP contribution in [0.1, 0.15) is 0 Å². The van der Waals surface area contributed by atoms with Crippen molar-refractivity contribution >= 4 is 15.9 Å². The third kappa shape index (κ3) is 3.17. The molecule has 2 nitrogen and oxygen atoms in total. The van der Waals surface area contributed by atoms with E-state index in [0.717, 1.165) is 6.20 Å². The lowest BCUT2D eigenvalue weighted by Crippen LogP contribution is -2.17. The monoisotopic (exact) mass is 259 g/mol. The van der Waals surface area contributed by atoms with Crippen molar-refractivity contribution in [1.82, 2.24) is 4.98 Å². The molecule has 72 valence electrons. The van der Waals surface area contributed by atoms with Gasteiger partial charge in [0, 0.05) is 6.07 Å². The van der Waals surface area contributed by atoms with Crippen LogP contribution in [0.3, 0.4) is 0 Å². The molecule has 0 saturated heterocycles. The van der Waals surface area contributed by atoms with Crippen LogP contribution in [0.15, 0.2) is 16.9 Å².